The van der Waals surface area contributed by atoms with Gasteiger partial charge in [-0.05, 0) is 59.1 Å². The molecule has 0 radical (unpaired) electrons. The van der Waals surface area contributed by atoms with Gasteiger partial charge in [-0.15, -0.1) is 0 Å². The molecule has 29 heavy (non-hydrogen) atoms. The molecule has 0 saturated carbocycles. The zero-order valence-corrected chi connectivity index (χ0v) is 17.1. The summed E-state index contributed by atoms with van der Waals surface area (Å²) < 4.78 is 41.2. The van der Waals surface area contributed by atoms with Crippen LogP contribution in [0.5, 0.6) is 0 Å². The van der Waals surface area contributed by atoms with Crippen molar-refractivity contribution in [2.24, 2.45) is 0 Å². The fourth-order valence-corrected chi connectivity index (χ4v) is 3.38. The molecule has 9 heteroatoms. The van der Waals surface area contributed by atoms with Crippen LogP contribution in [0.25, 0.3) is 0 Å². The van der Waals surface area contributed by atoms with Gasteiger partial charge in [0.15, 0.2) is 0 Å². The van der Waals surface area contributed by atoms with Crippen molar-refractivity contribution in [2.45, 2.75) is 33.1 Å². The summed E-state index contributed by atoms with van der Waals surface area (Å²) in [5.74, 6) is 0.376. The maximum atomic E-state index is 13.2. The van der Waals surface area contributed by atoms with Gasteiger partial charge in [0.1, 0.15) is 0 Å². The van der Waals surface area contributed by atoms with Crippen molar-refractivity contribution in [3.8, 4) is 0 Å². The van der Waals surface area contributed by atoms with Crippen molar-refractivity contribution in [3.63, 3.8) is 0 Å². The van der Waals surface area contributed by atoms with Crippen molar-refractivity contribution >= 4 is 11.6 Å². The average molecular weight is 409 g/mol. The summed E-state index contributed by atoms with van der Waals surface area (Å²) in [6.45, 7) is 5.79. The van der Waals surface area contributed by atoms with Crippen LogP contribution in [-0.4, -0.2) is 53.2 Å². The van der Waals surface area contributed by atoms with Gasteiger partial charge in [-0.2, -0.15) is 13.2 Å². The molecule has 158 valence electrons. The first kappa shape index (κ1) is 21.3. The smallest absolute Gasteiger partial charge is 0.309 e. The number of fused-ring (bicyclic) bond motifs is 1. The number of rotatable bonds is 5. The maximum Gasteiger partial charge on any atom is 0.416 e. The number of nitrogens with zero attached hydrogens (tertiary/aromatic N) is 5. The third kappa shape index (κ3) is 4.62. The molecular formula is C20H26F3N5O. The third-order valence-electron chi connectivity index (χ3n) is 5.11. The van der Waals surface area contributed by atoms with Crippen molar-refractivity contribution in [1.29, 1.82) is 0 Å². The fraction of sp³-hybridized carbons (Fsp3) is 0.500. The lowest BCUT2D eigenvalue weighted by molar-refractivity contribution is -0.137. The summed E-state index contributed by atoms with van der Waals surface area (Å²) in [5.41, 5.74) is 0.604. The van der Waals surface area contributed by atoms with Crippen molar-refractivity contribution in [1.82, 2.24) is 19.4 Å². The Kier molecular flexibility index (Phi) is 6.00. The molecule has 1 aliphatic rings. The first-order valence-electron chi connectivity index (χ1n) is 9.48. The van der Waals surface area contributed by atoms with E-state index in [4.69, 9.17) is 0 Å². The Labute approximate surface area is 168 Å². The molecule has 0 N–H and O–H groups in total. The Morgan fingerprint density at radius 3 is 2.55 bits per heavy atom. The Morgan fingerprint density at radius 2 is 1.90 bits per heavy atom. The van der Waals surface area contributed by atoms with E-state index in [9.17, 15) is 18.0 Å². The number of halogens is 3. The zero-order chi connectivity index (χ0) is 21.3. The van der Waals surface area contributed by atoms with Crippen molar-refractivity contribution in [2.75, 3.05) is 38.8 Å². The molecule has 0 unspecified atom stereocenters. The SMILES string of the molecule is Cc1nc2n(c(=O)c1C)CN(CCCN(C)C)CN2c1cccc(C(F)(F)F)c1. The molecule has 2 heterocycles. The standard InChI is InChI=1S/C20H26F3N5O/c1-14-15(2)24-19-27(17-8-5-7-16(11-17)20(21,22)23)12-26(10-6-9-25(3)4)13-28(19)18(14)29/h5,7-8,11H,6,9-10,12-13H2,1-4H3. The summed E-state index contributed by atoms with van der Waals surface area (Å²) in [7, 11) is 3.97. The lowest BCUT2D eigenvalue weighted by Crippen LogP contribution is -2.48. The lowest BCUT2D eigenvalue weighted by atomic mass is 10.2. The summed E-state index contributed by atoms with van der Waals surface area (Å²) in [6, 6.07) is 5.15. The second-order valence-electron chi connectivity index (χ2n) is 7.67. The molecule has 3 rings (SSSR count). The average Bonchev–Trinajstić information content (AvgIpc) is 2.65. The minimum Gasteiger partial charge on any atom is -0.309 e. The predicted molar refractivity (Wildman–Crippen MR) is 106 cm³/mol. The van der Waals surface area contributed by atoms with Crippen LogP contribution >= 0.6 is 0 Å². The molecule has 0 fully saturated rings. The van der Waals surface area contributed by atoms with E-state index < -0.39 is 11.7 Å². The molecule has 1 aromatic heterocycles. The molecule has 1 aliphatic heterocycles. The van der Waals surface area contributed by atoms with Crippen LogP contribution in [0.4, 0.5) is 24.8 Å². The first-order valence-corrected chi connectivity index (χ1v) is 9.48. The Bertz CT molecular complexity index is 939. The highest BCUT2D eigenvalue weighted by Crippen LogP contribution is 2.34. The van der Waals surface area contributed by atoms with Crippen LogP contribution in [0.2, 0.25) is 0 Å². The van der Waals surface area contributed by atoms with E-state index in [1.807, 2.05) is 14.1 Å². The van der Waals surface area contributed by atoms with Gasteiger partial charge in [-0.3, -0.25) is 19.2 Å². The highest BCUT2D eigenvalue weighted by Gasteiger charge is 2.32. The van der Waals surface area contributed by atoms with Crippen LogP contribution in [0.3, 0.4) is 0 Å². The van der Waals surface area contributed by atoms with Gasteiger partial charge < -0.3 is 4.90 Å². The van der Waals surface area contributed by atoms with Crippen LogP contribution < -0.4 is 10.5 Å². The number of alkyl halides is 3. The van der Waals surface area contributed by atoms with E-state index >= 15 is 0 Å². The molecule has 0 atom stereocenters. The molecule has 1 aromatic carbocycles. The number of hydrogen-bond donors (Lipinski definition) is 0. The topological polar surface area (TPSA) is 44.6 Å². The lowest BCUT2D eigenvalue weighted by Gasteiger charge is -2.38. The molecule has 0 aliphatic carbocycles. The summed E-state index contributed by atoms with van der Waals surface area (Å²) in [4.78, 5) is 23.2. The molecule has 0 amide bonds. The third-order valence-corrected chi connectivity index (χ3v) is 5.11. The van der Waals surface area contributed by atoms with E-state index in [2.05, 4.69) is 14.8 Å². The molecular weight excluding hydrogens is 383 g/mol. The Morgan fingerprint density at radius 1 is 1.17 bits per heavy atom. The molecule has 0 spiro atoms. The monoisotopic (exact) mass is 409 g/mol. The maximum absolute atomic E-state index is 13.2. The highest BCUT2D eigenvalue weighted by atomic mass is 19.4. The number of aryl methyl sites for hydroxylation is 1. The summed E-state index contributed by atoms with van der Waals surface area (Å²) in [5, 5.41) is 0. The Hall–Kier alpha value is -2.39. The zero-order valence-electron chi connectivity index (χ0n) is 17.1. The van der Waals surface area contributed by atoms with E-state index in [-0.39, 0.29) is 5.56 Å². The van der Waals surface area contributed by atoms with Crippen molar-refractivity contribution in [3.05, 3.63) is 51.4 Å². The summed E-state index contributed by atoms with van der Waals surface area (Å²) >= 11 is 0. The van der Waals surface area contributed by atoms with Gasteiger partial charge >= 0.3 is 6.18 Å². The van der Waals surface area contributed by atoms with E-state index in [1.165, 1.54) is 6.07 Å². The van der Waals surface area contributed by atoms with Gasteiger partial charge in [0.2, 0.25) is 5.95 Å². The molecule has 2 aromatic rings. The van der Waals surface area contributed by atoms with Gasteiger partial charge in [-0.25, -0.2) is 4.98 Å². The van der Waals surface area contributed by atoms with E-state index in [0.717, 1.165) is 25.1 Å². The van der Waals surface area contributed by atoms with Crippen molar-refractivity contribution < 1.29 is 13.2 Å². The van der Waals surface area contributed by atoms with E-state index in [1.54, 1.807) is 29.4 Å². The van der Waals surface area contributed by atoms with Crippen LogP contribution in [0.1, 0.15) is 23.2 Å². The minimum absolute atomic E-state index is 0.165. The van der Waals surface area contributed by atoms with Crippen LogP contribution in [-0.2, 0) is 12.8 Å². The van der Waals surface area contributed by atoms with E-state index in [0.29, 0.717) is 42.8 Å². The fourth-order valence-electron chi connectivity index (χ4n) is 3.38. The first-order chi connectivity index (χ1) is 13.6. The van der Waals surface area contributed by atoms with Crippen LogP contribution in [0, 0.1) is 13.8 Å². The predicted octanol–water partition coefficient (Wildman–Crippen LogP) is 3.20. The molecule has 6 nitrogen and oxygen atoms in total. The number of benzene rings is 1. The van der Waals surface area contributed by atoms with Crippen LogP contribution in [0.15, 0.2) is 29.1 Å². The summed E-state index contributed by atoms with van der Waals surface area (Å²) in [6.07, 6.45) is -3.56. The van der Waals surface area contributed by atoms with Gasteiger partial charge in [0, 0.05) is 23.5 Å². The number of anilines is 2. The highest BCUT2D eigenvalue weighted by molar-refractivity contribution is 5.59. The molecule has 0 saturated heterocycles. The van der Waals surface area contributed by atoms with Gasteiger partial charge in [-0.1, -0.05) is 6.07 Å². The largest absolute Gasteiger partial charge is 0.416 e. The second-order valence-corrected chi connectivity index (χ2v) is 7.67. The Balaban J connectivity index is 2.03. The quantitative estimate of drug-likeness (QED) is 0.759. The molecule has 0 bridgehead atoms. The second kappa shape index (κ2) is 8.16. The number of aromatic nitrogens is 2. The van der Waals surface area contributed by atoms with Gasteiger partial charge in [0.25, 0.3) is 5.56 Å². The normalized spacial score (nSPS) is 15.1. The minimum atomic E-state index is -4.44. The van der Waals surface area contributed by atoms with Gasteiger partial charge in [0.05, 0.1) is 18.9 Å². The number of hydrogen-bond acceptors (Lipinski definition) is 5.